The van der Waals surface area contributed by atoms with Gasteiger partial charge in [-0.1, -0.05) is 6.07 Å². The molecule has 168 valence electrons. The van der Waals surface area contributed by atoms with Crippen LogP contribution in [0.3, 0.4) is 0 Å². The number of halogens is 1. The summed E-state index contributed by atoms with van der Waals surface area (Å²) in [6, 6.07) is 8.17. The van der Waals surface area contributed by atoms with E-state index in [4.69, 9.17) is 4.99 Å². The lowest BCUT2D eigenvalue weighted by Gasteiger charge is -2.37. The maximum absolute atomic E-state index is 12.7. The van der Waals surface area contributed by atoms with Crippen molar-refractivity contribution in [2.75, 3.05) is 50.7 Å². The van der Waals surface area contributed by atoms with Crippen LogP contribution in [0.2, 0.25) is 0 Å². The number of anilines is 1. The van der Waals surface area contributed by atoms with Gasteiger partial charge in [0.25, 0.3) is 0 Å². The number of piperazine rings is 1. The number of thiophene rings is 1. The van der Waals surface area contributed by atoms with Gasteiger partial charge in [0.2, 0.25) is 5.91 Å². The van der Waals surface area contributed by atoms with Gasteiger partial charge in [0.05, 0.1) is 6.54 Å². The number of hydrogen-bond donors (Lipinski definition) is 1. The Hall–Kier alpha value is -1.88. The first kappa shape index (κ1) is 23.8. The number of amides is 1. The minimum Gasteiger partial charge on any atom is -0.357 e. The quantitative estimate of drug-likeness (QED) is 0.350. The van der Waals surface area contributed by atoms with E-state index < -0.39 is 0 Å². The Labute approximate surface area is 205 Å². The Morgan fingerprint density at radius 3 is 2.74 bits per heavy atom. The first-order chi connectivity index (χ1) is 14.7. The van der Waals surface area contributed by atoms with E-state index in [1.54, 1.807) is 11.3 Å². The molecule has 0 atom stereocenters. The number of pyridine rings is 1. The zero-order valence-corrected chi connectivity index (χ0v) is 21.1. The van der Waals surface area contributed by atoms with Crippen molar-refractivity contribution in [2.24, 2.45) is 4.99 Å². The van der Waals surface area contributed by atoms with Gasteiger partial charge >= 0.3 is 0 Å². The Morgan fingerprint density at radius 2 is 2.00 bits per heavy atom. The molecular formula is C22H31IN6OS. The van der Waals surface area contributed by atoms with E-state index in [1.807, 2.05) is 23.2 Å². The van der Waals surface area contributed by atoms with Crippen LogP contribution in [0.4, 0.5) is 5.82 Å². The lowest BCUT2D eigenvalue weighted by molar-refractivity contribution is -0.131. The molecule has 0 unspecified atom stereocenters. The molecule has 0 bridgehead atoms. The average Bonchev–Trinajstić information content (AvgIpc) is 3.27. The zero-order valence-electron chi connectivity index (χ0n) is 18.0. The van der Waals surface area contributed by atoms with E-state index in [9.17, 15) is 4.79 Å². The number of nitrogens with zero attached hydrogens (tertiary/aromatic N) is 5. The first-order valence-corrected chi connectivity index (χ1v) is 11.6. The predicted molar refractivity (Wildman–Crippen MR) is 137 cm³/mol. The van der Waals surface area contributed by atoms with Crippen LogP contribution >= 0.6 is 35.3 Å². The molecule has 9 heteroatoms. The Bertz CT molecular complexity index is 866. The summed E-state index contributed by atoms with van der Waals surface area (Å²) in [5.74, 6) is 2.14. The fourth-order valence-electron chi connectivity index (χ4n) is 3.99. The molecule has 1 N–H and O–H groups in total. The summed E-state index contributed by atoms with van der Waals surface area (Å²) < 4.78 is 0. The largest absolute Gasteiger partial charge is 0.357 e. The lowest BCUT2D eigenvalue weighted by Crippen LogP contribution is -2.52. The highest BCUT2D eigenvalue weighted by Gasteiger charge is 2.22. The minimum atomic E-state index is 0. The molecule has 0 radical (unpaired) electrons. The highest BCUT2D eigenvalue weighted by atomic mass is 127. The SMILES string of the molecule is CCNC(=NCCC(=O)N1CCc2sccc2C1)N1CCN(c2ccccn2)CC1.I. The summed E-state index contributed by atoms with van der Waals surface area (Å²) in [6.45, 7) is 8.61. The van der Waals surface area contributed by atoms with Gasteiger partial charge < -0.3 is 20.0 Å². The third-order valence-electron chi connectivity index (χ3n) is 5.63. The van der Waals surface area contributed by atoms with Crippen LogP contribution in [0.5, 0.6) is 0 Å². The van der Waals surface area contributed by atoms with E-state index >= 15 is 0 Å². The van der Waals surface area contributed by atoms with E-state index in [1.165, 1.54) is 10.4 Å². The molecule has 0 aliphatic carbocycles. The molecule has 2 aromatic heterocycles. The highest BCUT2D eigenvalue weighted by Crippen LogP contribution is 2.24. The topological polar surface area (TPSA) is 64.1 Å². The maximum Gasteiger partial charge on any atom is 0.224 e. The molecule has 31 heavy (non-hydrogen) atoms. The molecule has 2 aromatic rings. The number of aromatic nitrogens is 1. The van der Waals surface area contributed by atoms with Crippen LogP contribution < -0.4 is 10.2 Å². The summed E-state index contributed by atoms with van der Waals surface area (Å²) in [6.07, 6.45) is 3.28. The third-order valence-corrected chi connectivity index (χ3v) is 6.66. The average molecular weight is 555 g/mol. The van der Waals surface area contributed by atoms with Crippen molar-refractivity contribution >= 4 is 53.0 Å². The molecule has 1 fully saturated rings. The number of fused-ring (bicyclic) bond motifs is 1. The van der Waals surface area contributed by atoms with Gasteiger partial charge in [0.15, 0.2) is 5.96 Å². The lowest BCUT2D eigenvalue weighted by atomic mass is 10.1. The van der Waals surface area contributed by atoms with Gasteiger partial charge in [-0.15, -0.1) is 35.3 Å². The first-order valence-electron chi connectivity index (χ1n) is 10.8. The van der Waals surface area contributed by atoms with Gasteiger partial charge in [-0.3, -0.25) is 9.79 Å². The predicted octanol–water partition coefficient (Wildman–Crippen LogP) is 2.82. The highest BCUT2D eigenvalue weighted by molar-refractivity contribution is 14.0. The fourth-order valence-corrected chi connectivity index (χ4v) is 4.88. The van der Waals surface area contributed by atoms with Crippen LogP contribution in [-0.4, -0.2) is 72.5 Å². The number of carbonyl (C=O) groups is 1. The monoisotopic (exact) mass is 554 g/mol. The van der Waals surface area contributed by atoms with E-state index in [2.05, 4.69) is 44.5 Å². The molecule has 4 heterocycles. The van der Waals surface area contributed by atoms with Crippen molar-refractivity contribution in [1.82, 2.24) is 20.1 Å². The van der Waals surface area contributed by atoms with Crippen molar-refractivity contribution < 1.29 is 4.79 Å². The Kier molecular flexibility index (Phi) is 8.94. The Morgan fingerprint density at radius 1 is 1.16 bits per heavy atom. The van der Waals surface area contributed by atoms with Crippen LogP contribution in [0, 0.1) is 0 Å². The number of guanidine groups is 1. The molecule has 4 rings (SSSR count). The minimum absolute atomic E-state index is 0. The Balaban J connectivity index is 0.00000272. The van der Waals surface area contributed by atoms with Crippen molar-refractivity contribution in [3.8, 4) is 0 Å². The number of hydrogen-bond acceptors (Lipinski definition) is 5. The molecular weight excluding hydrogens is 523 g/mol. The van der Waals surface area contributed by atoms with Gasteiger partial charge in [-0.05, 0) is 42.5 Å². The maximum atomic E-state index is 12.7. The number of nitrogens with one attached hydrogen (secondary N) is 1. The summed E-state index contributed by atoms with van der Waals surface area (Å²) >= 11 is 1.80. The van der Waals surface area contributed by atoms with Crippen LogP contribution in [0.1, 0.15) is 23.8 Å². The summed E-state index contributed by atoms with van der Waals surface area (Å²) in [4.78, 5) is 29.9. The molecule has 7 nitrogen and oxygen atoms in total. The smallest absolute Gasteiger partial charge is 0.224 e. The molecule has 1 amide bonds. The van der Waals surface area contributed by atoms with E-state index in [0.717, 1.165) is 64.0 Å². The number of rotatable bonds is 5. The molecule has 0 spiro atoms. The van der Waals surface area contributed by atoms with E-state index in [-0.39, 0.29) is 29.9 Å². The second-order valence-corrected chi connectivity index (χ2v) is 8.58. The standard InChI is InChI=1S/C22H30N6OS.HI/c1-2-23-22(27-14-12-26(13-15-27)20-5-3-4-9-24-20)25-10-6-21(29)28-11-7-19-18(17-28)8-16-30-19;/h3-5,8-9,16H,2,6-7,10-15,17H2,1H3,(H,23,25);1H. The third kappa shape index (κ3) is 6.09. The van der Waals surface area contributed by atoms with Crippen molar-refractivity contribution in [3.63, 3.8) is 0 Å². The fraction of sp³-hybridized carbons (Fsp3) is 0.500. The second-order valence-electron chi connectivity index (χ2n) is 7.58. The second kappa shape index (κ2) is 11.7. The van der Waals surface area contributed by atoms with E-state index in [0.29, 0.717) is 13.0 Å². The van der Waals surface area contributed by atoms with Gasteiger partial charge in [-0.2, -0.15) is 0 Å². The van der Waals surface area contributed by atoms with Crippen molar-refractivity contribution in [3.05, 3.63) is 46.3 Å². The number of carbonyl (C=O) groups excluding carboxylic acids is 1. The van der Waals surface area contributed by atoms with Crippen LogP contribution in [0.15, 0.2) is 40.8 Å². The summed E-state index contributed by atoms with van der Waals surface area (Å²) in [7, 11) is 0. The van der Waals surface area contributed by atoms with Gasteiger partial charge in [-0.25, -0.2) is 4.98 Å². The molecule has 2 aliphatic rings. The zero-order chi connectivity index (χ0) is 20.8. The normalized spacial score (nSPS) is 16.5. The molecule has 0 saturated carbocycles. The summed E-state index contributed by atoms with van der Waals surface area (Å²) in [5.41, 5.74) is 1.31. The van der Waals surface area contributed by atoms with Crippen molar-refractivity contribution in [1.29, 1.82) is 0 Å². The van der Waals surface area contributed by atoms with Crippen LogP contribution in [0.25, 0.3) is 0 Å². The number of aliphatic imine (C=N–C) groups is 1. The van der Waals surface area contributed by atoms with Gasteiger partial charge in [0.1, 0.15) is 5.82 Å². The summed E-state index contributed by atoms with van der Waals surface area (Å²) in [5, 5.41) is 5.51. The van der Waals surface area contributed by atoms with Crippen LogP contribution in [-0.2, 0) is 17.8 Å². The molecule has 2 aliphatic heterocycles. The molecule has 1 saturated heterocycles. The van der Waals surface area contributed by atoms with Crippen molar-refractivity contribution in [2.45, 2.75) is 26.3 Å². The van der Waals surface area contributed by atoms with Gasteiger partial charge in [0, 0.05) is 63.3 Å². The molecule has 0 aromatic carbocycles.